The summed E-state index contributed by atoms with van der Waals surface area (Å²) < 4.78 is 6.21. The second-order valence-electron chi connectivity index (χ2n) is 8.64. The van der Waals surface area contributed by atoms with Crippen molar-refractivity contribution in [1.29, 1.82) is 0 Å². The van der Waals surface area contributed by atoms with Crippen LogP contribution in [0.3, 0.4) is 0 Å². The van der Waals surface area contributed by atoms with Crippen molar-refractivity contribution in [3.63, 3.8) is 0 Å². The summed E-state index contributed by atoms with van der Waals surface area (Å²) in [5.41, 5.74) is 2.76. The number of nitrogens with one attached hydrogen (secondary N) is 1. The highest BCUT2D eigenvalue weighted by atomic mass is 35.5. The quantitative estimate of drug-likeness (QED) is 0.610. The molecule has 1 atom stereocenters. The molecule has 0 bridgehead atoms. The van der Waals surface area contributed by atoms with Crippen LogP contribution in [0.5, 0.6) is 5.75 Å². The van der Waals surface area contributed by atoms with Crippen LogP contribution in [-0.4, -0.2) is 48.8 Å². The van der Waals surface area contributed by atoms with Crippen LogP contribution in [0.15, 0.2) is 42.5 Å². The molecule has 2 N–H and O–H groups in total. The first kappa shape index (κ1) is 23.6. The number of aryl methyl sites for hydroxylation is 2. The minimum absolute atomic E-state index is 0.0497. The average Bonchev–Trinajstić information content (AvgIpc) is 2.77. The lowest BCUT2D eigenvalue weighted by Gasteiger charge is -2.38. The van der Waals surface area contributed by atoms with Crippen molar-refractivity contribution in [2.45, 2.75) is 39.7 Å². The molecule has 1 aliphatic heterocycles. The lowest BCUT2D eigenvalue weighted by Crippen LogP contribution is -2.47. The molecular formula is C25H33ClN2O3. The van der Waals surface area contributed by atoms with Crippen LogP contribution in [0.2, 0.25) is 5.02 Å². The van der Waals surface area contributed by atoms with E-state index in [9.17, 15) is 9.90 Å². The molecule has 1 heterocycles. The first-order chi connectivity index (χ1) is 14.9. The summed E-state index contributed by atoms with van der Waals surface area (Å²) in [6, 6.07) is 13.8. The smallest absolute Gasteiger partial charge is 0.223 e. The highest BCUT2D eigenvalue weighted by molar-refractivity contribution is 6.32. The fourth-order valence-corrected chi connectivity index (χ4v) is 4.34. The molecule has 6 heteroatoms. The van der Waals surface area contributed by atoms with Gasteiger partial charge < -0.3 is 20.1 Å². The van der Waals surface area contributed by atoms with Crippen LogP contribution in [0.4, 0.5) is 0 Å². The lowest BCUT2D eigenvalue weighted by molar-refractivity contribution is -0.136. The molecule has 0 radical (unpaired) electrons. The predicted octanol–water partition coefficient (Wildman–Crippen LogP) is 4.12. The third-order valence-electron chi connectivity index (χ3n) is 5.98. The van der Waals surface area contributed by atoms with Crippen molar-refractivity contribution in [3.05, 3.63) is 64.2 Å². The number of aliphatic hydroxyl groups excluding tert-OH is 1. The Morgan fingerprint density at radius 1 is 1.23 bits per heavy atom. The summed E-state index contributed by atoms with van der Waals surface area (Å²) in [5.74, 6) is 0.835. The molecule has 168 valence electrons. The van der Waals surface area contributed by atoms with Crippen LogP contribution in [-0.2, 0) is 11.3 Å². The van der Waals surface area contributed by atoms with Crippen LogP contribution in [0, 0.1) is 19.3 Å². The monoisotopic (exact) mass is 444 g/mol. The summed E-state index contributed by atoms with van der Waals surface area (Å²) in [6.07, 6.45) is 2.32. The van der Waals surface area contributed by atoms with Crippen LogP contribution < -0.4 is 10.1 Å². The number of benzene rings is 2. The minimum Gasteiger partial charge on any atom is -0.493 e. The number of carbonyl (C=O) groups is 1. The van der Waals surface area contributed by atoms with Gasteiger partial charge in [0.2, 0.25) is 5.91 Å². The van der Waals surface area contributed by atoms with Crippen LogP contribution in [0.1, 0.15) is 36.0 Å². The Morgan fingerprint density at radius 3 is 2.55 bits per heavy atom. The fraction of sp³-hybridized carbons (Fsp3) is 0.480. The Balaban J connectivity index is 1.72. The minimum atomic E-state index is -0.277. The van der Waals surface area contributed by atoms with Crippen molar-refractivity contribution in [2.24, 2.45) is 5.41 Å². The maximum absolute atomic E-state index is 13.3. The number of hydrogen-bond acceptors (Lipinski definition) is 4. The summed E-state index contributed by atoms with van der Waals surface area (Å²) in [6.45, 7) is 6.88. The molecule has 0 aromatic heterocycles. The van der Waals surface area contributed by atoms with Crippen molar-refractivity contribution < 1.29 is 14.6 Å². The van der Waals surface area contributed by atoms with Crippen molar-refractivity contribution in [3.8, 4) is 5.75 Å². The van der Waals surface area contributed by atoms with Crippen LogP contribution >= 0.6 is 11.6 Å². The second kappa shape index (κ2) is 11.0. The van der Waals surface area contributed by atoms with E-state index in [1.54, 1.807) is 4.90 Å². The Morgan fingerprint density at radius 2 is 1.94 bits per heavy atom. The molecule has 1 fully saturated rings. The number of ether oxygens (including phenoxy) is 1. The largest absolute Gasteiger partial charge is 0.493 e. The van der Waals surface area contributed by atoms with Crippen LogP contribution in [0.25, 0.3) is 0 Å². The number of carbonyl (C=O) groups excluding carboxylic acids is 1. The average molecular weight is 445 g/mol. The third kappa shape index (κ3) is 6.45. The van der Waals surface area contributed by atoms with Gasteiger partial charge in [0, 0.05) is 36.5 Å². The number of nitrogens with zero attached hydrogens (tertiary/aromatic N) is 1. The first-order valence-corrected chi connectivity index (χ1v) is 11.3. The fourth-order valence-electron chi connectivity index (χ4n) is 4.23. The molecule has 1 unspecified atom stereocenters. The second-order valence-corrected chi connectivity index (χ2v) is 9.02. The van der Waals surface area contributed by atoms with E-state index in [0.717, 1.165) is 53.4 Å². The number of halogens is 1. The third-order valence-corrected chi connectivity index (χ3v) is 6.58. The molecule has 0 spiro atoms. The Kier molecular flexibility index (Phi) is 8.35. The normalized spacial score (nSPS) is 18.6. The molecule has 3 rings (SSSR count). The Labute approximate surface area is 190 Å². The summed E-state index contributed by atoms with van der Waals surface area (Å²) >= 11 is 6.29. The van der Waals surface area contributed by atoms with E-state index in [4.69, 9.17) is 16.3 Å². The summed E-state index contributed by atoms with van der Waals surface area (Å²) in [7, 11) is 0. The van der Waals surface area contributed by atoms with E-state index < -0.39 is 0 Å². The van der Waals surface area contributed by atoms with Gasteiger partial charge in [-0.25, -0.2) is 0 Å². The van der Waals surface area contributed by atoms with Gasteiger partial charge in [-0.1, -0.05) is 41.9 Å². The maximum atomic E-state index is 13.3. The molecule has 31 heavy (non-hydrogen) atoms. The van der Waals surface area contributed by atoms with E-state index in [1.165, 1.54) is 0 Å². The van der Waals surface area contributed by atoms with Gasteiger partial charge in [0.1, 0.15) is 5.75 Å². The van der Waals surface area contributed by atoms with Gasteiger partial charge in [0.25, 0.3) is 0 Å². The SMILES string of the molecule is Cc1cc(OCC2(CC(=O)N(CCO)Cc3ccccc3)CCCNC2)cc(C)c1Cl. The van der Waals surface area contributed by atoms with Gasteiger partial charge in [0.15, 0.2) is 0 Å². The Hall–Kier alpha value is -2.08. The van der Waals surface area contributed by atoms with Gasteiger partial charge in [-0.3, -0.25) is 4.79 Å². The first-order valence-electron chi connectivity index (χ1n) is 11.0. The summed E-state index contributed by atoms with van der Waals surface area (Å²) in [5, 5.41) is 13.7. The molecule has 1 aliphatic rings. The number of amides is 1. The molecular weight excluding hydrogens is 412 g/mol. The molecule has 2 aromatic carbocycles. The van der Waals surface area contributed by atoms with E-state index in [1.807, 2.05) is 56.3 Å². The predicted molar refractivity (Wildman–Crippen MR) is 125 cm³/mol. The number of aliphatic hydroxyl groups is 1. The molecule has 1 saturated heterocycles. The van der Waals surface area contributed by atoms with Crippen molar-refractivity contribution >= 4 is 17.5 Å². The lowest BCUT2D eigenvalue weighted by atomic mass is 9.78. The van der Waals surface area contributed by atoms with Gasteiger partial charge in [-0.05, 0) is 62.1 Å². The van der Waals surface area contributed by atoms with Gasteiger partial charge in [-0.15, -0.1) is 0 Å². The van der Waals surface area contributed by atoms with Crippen molar-refractivity contribution in [1.82, 2.24) is 10.2 Å². The molecule has 2 aromatic rings. The Bertz CT molecular complexity index is 843. The molecule has 1 amide bonds. The topological polar surface area (TPSA) is 61.8 Å². The van der Waals surface area contributed by atoms with E-state index in [0.29, 0.717) is 26.1 Å². The van der Waals surface area contributed by atoms with Crippen molar-refractivity contribution in [2.75, 3.05) is 32.8 Å². The maximum Gasteiger partial charge on any atom is 0.223 e. The van der Waals surface area contributed by atoms with Gasteiger partial charge in [-0.2, -0.15) is 0 Å². The highest BCUT2D eigenvalue weighted by Gasteiger charge is 2.37. The number of rotatable bonds is 9. The standard InChI is InChI=1S/C25H33ClN2O3/c1-19-13-22(14-20(2)24(19)26)31-18-25(9-6-10-27-17-25)15-23(30)28(11-12-29)16-21-7-4-3-5-8-21/h3-5,7-8,13-14,27,29H,6,9-12,15-18H2,1-2H3. The highest BCUT2D eigenvalue weighted by Crippen LogP contribution is 2.33. The molecule has 5 nitrogen and oxygen atoms in total. The van der Waals surface area contributed by atoms with E-state index >= 15 is 0 Å². The van der Waals surface area contributed by atoms with Gasteiger partial charge >= 0.3 is 0 Å². The summed E-state index contributed by atoms with van der Waals surface area (Å²) in [4.78, 5) is 15.0. The molecule has 0 aliphatic carbocycles. The zero-order valence-electron chi connectivity index (χ0n) is 18.5. The van der Waals surface area contributed by atoms with Gasteiger partial charge in [0.05, 0.1) is 13.2 Å². The van der Waals surface area contributed by atoms with E-state index in [-0.39, 0.29) is 17.9 Å². The number of hydrogen-bond donors (Lipinski definition) is 2. The zero-order valence-corrected chi connectivity index (χ0v) is 19.3. The van der Waals surface area contributed by atoms with E-state index in [2.05, 4.69) is 5.32 Å². The molecule has 0 saturated carbocycles. The zero-order chi connectivity index (χ0) is 22.3. The number of piperidine rings is 1.